The van der Waals surface area contributed by atoms with Crippen LogP contribution >= 0.6 is 0 Å². The Morgan fingerprint density at radius 2 is 1.92 bits per heavy atom. The molecule has 0 spiro atoms. The molecule has 4 aliphatic carbocycles. The van der Waals surface area contributed by atoms with Crippen molar-refractivity contribution in [3.63, 3.8) is 0 Å². The van der Waals surface area contributed by atoms with Crippen LogP contribution in [0.3, 0.4) is 0 Å². The van der Waals surface area contributed by atoms with E-state index in [-0.39, 0.29) is 36.2 Å². The van der Waals surface area contributed by atoms with E-state index < -0.39 is 17.1 Å². The number of aliphatic hydroxyl groups excluding tert-OH is 1. The molecule has 2 saturated carbocycles. The van der Waals surface area contributed by atoms with E-state index in [0.717, 1.165) is 49.7 Å². The molecule has 1 aromatic heterocycles. The summed E-state index contributed by atoms with van der Waals surface area (Å²) in [6, 6.07) is 9.40. The van der Waals surface area contributed by atoms with Crippen molar-refractivity contribution in [3.8, 4) is 0 Å². The number of nitrogens with zero attached hydrogens (tertiary/aromatic N) is 1. The molecule has 1 aromatic carbocycles. The number of amides is 1. The summed E-state index contributed by atoms with van der Waals surface area (Å²) in [6.45, 7) is 13.7. The number of carbonyl (C=O) groups is 2. The van der Waals surface area contributed by atoms with Crippen molar-refractivity contribution in [3.05, 3.63) is 70.7 Å². The van der Waals surface area contributed by atoms with E-state index in [0.29, 0.717) is 62.0 Å². The lowest BCUT2D eigenvalue weighted by molar-refractivity contribution is -0.0862. The van der Waals surface area contributed by atoms with Crippen molar-refractivity contribution in [2.45, 2.75) is 136 Å². The second-order valence-corrected chi connectivity index (χ2v) is 15.9. The van der Waals surface area contributed by atoms with E-state index in [2.05, 4.69) is 47.6 Å². The first kappa shape index (κ1) is 36.4. The Bertz CT molecular complexity index is 1430. The van der Waals surface area contributed by atoms with Gasteiger partial charge in [-0.3, -0.25) is 4.79 Å². The molecule has 7 nitrogen and oxygen atoms in total. The molecule has 1 amide bonds. The van der Waals surface area contributed by atoms with E-state index in [9.17, 15) is 19.8 Å². The number of aliphatic hydroxyl groups is 2. The second-order valence-electron chi connectivity index (χ2n) is 15.9. The molecule has 2 aromatic rings. The van der Waals surface area contributed by atoms with Crippen molar-refractivity contribution >= 4 is 11.9 Å². The van der Waals surface area contributed by atoms with Gasteiger partial charge in [0.1, 0.15) is 6.10 Å². The zero-order chi connectivity index (χ0) is 34.6. The highest BCUT2D eigenvalue weighted by atomic mass is 16.6. The predicted molar refractivity (Wildman–Crippen MR) is 189 cm³/mol. The smallest absolute Gasteiger partial charge is 0.410 e. The zero-order valence-electron chi connectivity index (χ0n) is 30.2. The lowest BCUT2D eigenvalue weighted by Gasteiger charge is -2.46. The Hall–Kier alpha value is -2.90. The van der Waals surface area contributed by atoms with Gasteiger partial charge in [-0.1, -0.05) is 64.8 Å². The molecule has 7 unspecified atom stereocenters. The average Bonchev–Trinajstić information content (AvgIpc) is 3.66. The lowest BCUT2D eigenvalue weighted by Crippen LogP contribution is -2.54. The summed E-state index contributed by atoms with van der Waals surface area (Å²) in [4.78, 5) is 29.7. The second kappa shape index (κ2) is 15.3. The normalized spacial score (nSPS) is 31.2. The Labute approximate surface area is 288 Å². The minimum atomic E-state index is -1.19. The van der Waals surface area contributed by atoms with Crippen LogP contribution in [0.1, 0.15) is 139 Å². The van der Waals surface area contributed by atoms with Crippen LogP contribution in [-0.2, 0) is 11.2 Å². The number of benzene rings is 1. The van der Waals surface area contributed by atoms with Gasteiger partial charge >= 0.3 is 6.09 Å². The molecule has 0 radical (unpaired) electrons. The first-order valence-corrected chi connectivity index (χ1v) is 18.6. The van der Waals surface area contributed by atoms with Gasteiger partial charge in [0, 0.05) is 17.5 Å². The average molecular weight is 662 g/mol. The number of hydrogen-bond acceptors (Lipinski definition) is 6. The van der Waals surface area contributed by atoms with E-state index in [4.69, 9.17) is 9.15 Å². The number of hydrogen-bond donors (Lipinski definition) is 2. The maximum atomic E-state index is 14.0. The quantitative estimate of drug-likeness (QED) is 0.217. The summed E-state index contributed by atoms with van der Waals surface area (Å²) < 4.78 is 11.9. The summed E-state index contributed by atoms with van der Waals surface area (Å²) in [5.41, 5.74) is 1.76. The van der Waals surface area contributed by atoms with Crippen molar-refractivity contribution < 1.29 is 29.0 Å². The van der Waals surface area contributed by atoms with E-state index >= 15 is 0 Å². The van der Waals surface area contributed by atoms with Crippen LogP contribution in [0.4, 0.5) is 4.79 Å². The van der Waals surface area contributed by atoms with Gasteiger partial charge in [0.2, 0.25) is 5.78 Å². The van der Waals surface area contributed by atoms with Crippen LogP contribution in [0.5, 0.6) is 0 Å². The number of ketones is 1. The SMILES string of the molecule is CCCN(CC1(O)CCC2c3ccc(cc3C(=O)c3ccco3)CC(O)CCC(C)=CCCC21C)C(=O)OC1CC(C)CCC1C(C)C. The lowest BCUT2D eigenvalue weighted by atomic mass is 9.64. The molecule has 2 N–H and O–H groups in total. The van der Waals surface area contributed by atoms with Crippen LogP contribution in [0, 0.1) is 23.2 Å². The molecule has 0 saturated heterocycles. The number of carbonyl (C=O) groups excluding carboxylic acids is 2. The van der Waals surface area contributed by atoms with E-state index in [1.165, 1.54) is 11.8 Å². The molecule has 7 atom stereocenters. The zero-order valence-corrected chi connectivity index (χ0v) is 30.2. The summed E-state index contributed by atoms with van der Waals surface area (Å²) >= 11 is 0. The number of rotatable bonds is 8. The highest BCUT2D eigenvalue weighted by Crippen LogP contribution is 2.59. The third-order valence-corrected chi connectivity index (χ3v) is 12.1. The van der Waals surface area contributed by atoms with Gasteiger partial charge in [0.05, 0.1) is 24.5 Å². The molecule has 2 bridgehead atoms. The summed E-state index contributed by atoms with van der Waals surface area (Å²) in [5, 5.41) is 23.7. The van der Waals surface area contributed by atoms with Crippen LogP contribution in [0.25, 0.3) is 0 Å². The number of furan rings is 1. The number of allylic oxidation sites excluding steroid dienone is 2. The Balaban J connectivity index is 1.51. The fourth-order valence-electron chi connectivity index (χ4n) is 9.01. The van der Waals surface area contributed by atoms with E-state index in [1.54, 1.807) is 17.0 Å². The third kappa shape index (κ3) is 7.78. The van der Waals surface area contributed by atoms with Crippen molar-refractivity contribution in [1.82, 2.24) is 4.90 Å². The van der Waals surface area contributed by atoms with Gasteiger partial charge in [0.15, 0.2) is 5.76 Å². The third-order valence-electron chi connectivity index (χ3n) is 12.1. The van der Waals surface area contributed by atoms with Gasteiger partial charge in [-0.2, -0.15) is 0 Å². The van der Waals surface area contributed by atoms with Gasteiger partial charge in [-0.05, 0) is 124 Å². The fraction of sp³-hybridized carbons (Fsp3) is 0.659. The highest BCUT2D eigenvalue weighted by molar-refractivity contribution is 6.08. The highest BCUT2D eigenvalue weighted by Gasteiger charge is 2.58. The minimum Gasteiger partial charge on any atom is -0.461 e. The summed E-state index contributed by atoms with van der Waals surface area (Å²) in [5.74, 6) is 1.25. The molecule has 0 aliphatic heterocycles. The first-order chi connectivity index (χ1) is 22.8. The maximum absolute atomic E-state index is 14.0. The molecule has 48 heavy (non-hydrogen) atoms. The molecule has 264 valence electrons. The monoisotopic (exact) mass is 661 g/mol. The van der Waals surface area contributed by atoms with Crippen molar-refractivity contribution in [2.24, 2.45) is 23.2 Å². The number of ether oxygens (including phenoxy) is 1. The minimum absolute atomic E-state index is 0.114. The van der Waals surface area contributed by atoms with Gasteiger partial charge in [-0.15, -0.1) is 0 Å². The van der Waals surface area contributed by atoms with Gasteiger partial charge < -0.3 is 24.3 Å². The summed E-state index contributed by atoms with van der Waals surface area (Å²) in [7, 11) is 0. The predicted octanol–water partition coefficient (Wildman–Crippen LogP) is 8.86. The Kier molecular flexibility index (Phi) is 11.6. The van der Waals surface area contributed by atoms with Crippen molar-refractivity contribution in [2.75, 3.05) is 13.1 Å². The summed E-state index contributed by atoms with van der Waals surface area (Å²) in [6.07, 6.45) is 11.2. The molecule has 6 rings (SSSR count). The van der Waals surface area contributed by atoms with Crippen LogP contribution < -0.4 is 0 Å². The molecular formula is C41H59NO6. The molecule has 1 heterocycles. The van der Waals surface area contributed by atoms with Crippen LogP contribution in [0.2, 0.25) is 0 Å². The Morgan fingerprint density at radius 1 is 1.12 bits per heavy atom. The van der Waals surface area contributed by atoms with Gasteiger partial charge in [0.25, 0.3) is 0 Å². The topological polar surface area (TPSA) is 100 Å². The molecule has 7 heteroatoms. The largest absolute Gasteiger partial charge is 0.461 e. The molecule has 2 fully saturated rings. The van der Waals surface area contributed by atoms with Crippen molar-refractivity contribution in [1.29, 1.82) is 0 Å². The van der Waals surface area contributed by atoms with E-state index in [1.807, 2.05) is 18.2 Å². The maximum Gasteiger partial charge on any atom is 0.410 e. The number of fused-ring (bicyclic) bond motifs is 8. The van der Waals surface area contributed by atoms with Crippen LogP contribution in [-0.4, -0.2) is 57.9 Å². The molecule has 4 aliphatic rings. The standard InChI is InChI=1S/C41H59NO6/c1-7-21-42(39(45)48-37-23-29(5)13-16-32(37)27(2)3)26-41(46)20-18-35-33-17-14-30(25-34(33)38(44)36-11-9-22-47-36)24-31(43)15-12-28(4)10-8-19-40(35,41)6/h9-11,14,17,22,25,27,29,31-32,35,37,43,46H,7-8,12-13,15-16,18-21,23-24,26H2,1-6H3. The Morgan fingerprint density at radius 3 is 2.62 bits per heavy atom. The molecular weight excluding hydrogens is 602 g/mol. The van der Waals surface area contributed by atoms with Crippen LogP contribution in [0.15, 0.2) is 52.7 Å². The van der Waals surface area contributed by atoms with Gasteiger partial charge in [-0.25, -0.2) is 4.79 Å². The first-order valence-electron chi connectivity index (χ1n) is 18.6. The fourth-order valence-corrected chi connectivity index (χ4v) is 9.01.